The Morgan fingerprint density at radius 2 is 1.84 bits per heavy atom. The summed E-state index contributed by atoms with van der Waals surface area (Å²) in [5.41, 5.74) is 1.74. The van der Waals surface area contributed by atoms with Crippen LogP contribution in [0, 0.1) is 5.41 Å². The van der Waals surface area contributed by atoms with E-state index in [0.29, 0.717) is 6.21 Å². The van der Waals surface area contributed by atoms with E-state index in [9.17, 15) is 19.2 Å². The molecule has 1 heterocycles. The van der Waals surface area contributed by atoms with Crippen molar-refractivity contribution in [3.05, 3.63) is 36.0 Å². The Morgan fingerprint density at radius 1 is 1.13 bits per heavy atom. The average Bonchev–Trinajstić information content (AvgIpc) is 3.12. The molecule has 9 nitrogen and oxygen atoms in total. The maximum absolute atomic E-state index is 13.0. The van der Waals surface area contributed by atoms with Crippen LogP contribution in [0.3, 0.4) is 0 Å². The molecule has 0 fully saturated rings. The monoisotopic (exact) mass is 428 g/mol. The Bertz CT molecular complexity index is 966. The number of hydrogen-bond acceptors (Lipinski definition) is 6. The van der Waals surface area contributed by atoms with Crippen LogP contribution in [0.5, 0.6) is 0 Å². The number of benzene rings is 1. The van der Waals surface area contributed by atoms with E-state index in [1.54, 1.807) is 20.0 Å². The summed E-state index contributed by atoms with van der Waals surface area (Å²) >= 11 is 0. The highest BCUT2D eigenvalue weighted by Crippen LogP contribution is 2.19. The molecule has 2 unspecified atom stereocenters. The highest BCUT2D eigenvalue weighted by atomic mass is 16.5. The number of hydrogen-bond donors (Lipinski definition) is 4. The summed E-state index contributed by atoms with van der Waals surface area (Å²) in [6.45, 7) is 4.66. The van der Waals surface area contributed by atoms with Gasteiger partial charge in [0.1, 0.15) is 12.1 Å². The summed E-state index contributed by atoms with van der Waals surface area (Å²) in [6.07, 6.45) is 2.16. The molecule has 31 heavy (non-hydrogen) atoms. The van der Waals surface area contributed by atoms with Gasteiger partial charge in [0, 0.05) is 36.9 Å². The number of esters is 1. The van der Waals surface area contributed by atoms with Crippen LogP contribution in [0.15, 0.2) is 30.5 Å². The fraction of sp³-hybridized carbons (Fsp3) is 0.409. The number of ether oxygens (including phenoxy) is 1. The molecule has 0 radical (unpaired) electrons. The Morgan fingerprint density at radius 3 is 2.48 bits per heavy atom. The number of para-hydroxylation sites is 1. The molecule has 1 aromatic carbocycles. The molecular formula is C22H28N4O5. The second-order valence-electron chi connectivity index (χ2n) is 7.51. The van der Waals surface area contributed by atoms with Crippen molar-refractivity contribution in [3.63, 3.8) is 0 Å². The van der Waals surface area contributed by atoms with E-state index in [-0.39, 0.29) is 25.2 Å². The minimum absolute atomic E-state index is 0.00855. The molecule has 0 bridgehead atoms. The number of rotatable bonds is 11. The first-order valence-corrected chi connectivity index (χ1v) is 10.1. The lowest BCUT2D eigenvalue weighted by atomic mass is 10.0. The number of carbonyl (C=O) groups is 4. The standard InChI is InChI=1S/C22H28N4O5/c1-13(2)31-22(30)19(9-8-16(28)11-23)26-21(29)20(25-14(3)27)10-15-12-24-18-7-5-4-6-17(15)18/h4-7,11-13,19-20,23-24H,8-10H2,1-3H3,(H,25,27)(H,26,29). The van der Waals surface area contributed by atoms with Crippen molar-refractivity contribution in [1.82, 2.24) is 15.6 Å². The van der Waals surface area contributed by atoms with Crippen LogP contribution in [-0.2, 0) is 30.3 Å². The zero-order valence-electron chi connectivity index (χ0n) is 17.9. The number of H-pyrrole nitrogens is 1. The SMILES string of the molecule is CC(=O)NC(Cc1c[nH]c2ccccc12)C(=O)NC(CCC(=O)C=N)C(=O)OC(C)C. The number of amides is 2. The zero-order chi connectivity index (χ0) is 23.0. The van der Waals surface area contributed by atoms with Gasteiger partial charge in [-0.05, 0) is 31.9 Å². The van der Waals surface area contributed by atoms with Gasteiger partial charge in [0.2, 0.25) is 11.8 Å². The van der Waals surface area contributed by atoms with Gasteiger partial charge < -0.3 is 25.8 Å². The van der Waals surface area contributed by atoms with E-state index in [2.05, 4.69) is 15.6 Å². The third kappa shape index (κ3) is 7.06. The number of fused-ring (bicyclic) bond motifs is 1. The molecule has 0 aliphatic rings. The van der Waals surface area contributed by atoms with Crippen LogP contribution in [0.1, 0.15) is 39.2 Å². The van der Waals surface area contributed by atoms with E-state index in [0.717, 1.165) is 16.5 Å². The number of nitrogens with one attached hydrogen (secondary N) is 4. The third-order valence-corrected chi connectivity index (χ3v) is 4.59. The lowest BCUT2D eigenvalue weighted by molar-refractivity contribution is -0.151. The molecular weight excluding hydrogens is 400 g/mol. The predicted molar refractivity (Wildman–Crippen MR) is 116 cm³/mol. The second kappa shape index (κ2) is 11.1. The van der Waals surface area contributed by atoms with Gasteiger partial charge in [-0.2, -0.15) is 0 Å². The molecule has 0 aliphatic carbocycles. The van der Waals surface area contributed by atoms with Gasteiger partial charge in [0.15, 0.2) is 5.78 Å². The van der Waals surface area contributed by atoms with Crippen LogP contribution >= 0.6 is 0 Å². The normalized spacial score (nSPS) is 12.8. The maximum Gasteiger partial charge on any atom is 0.328 e. The van der Waals surface area contributed by atoms with Gasteiger partial charge in [-0.1, -0.05) is 18.2 Å². The van der Waals surface area contributed by atoms with Crippen molar-refractivity contribution < 1.29 is 23.9 Å². The minimum Gasteiger partial charge on any atom is -0.461 e. The van der Waals surface area contributed by atoms with E-state index >= 15 is 0 Å². The van der Waals surface area contributed by atoms with Crippen LogP contribution in [-0.4, -0.2) is 53.0 Å². The first kappa shape index (κ1) is 23.8. The smallest absolute Gasteiger partial charge is 0.328 e. The predicted octanol–water partition coefficient (Wildman–Crippen LogP) is 1.65. The molecule has 2 atom stereocenters. The number of aromatic nitrogens is 1. The van der Waals surface area contributed by atoms with Crippen LogP contribution in [0.25, 0.3) is 10.9 Å². The molecule has 2 rings (SSSR count). The lowest BCUT2D eigenvalue weighted by Crippen LogP contribution is -2.52. The minimum atomic E-state index is -1.07. The van der Waals surface area contributed by atoms with Crippen molar-refractivity contribution in [2.45, 2.75) is 58.2 Å². The fourth-order valence-electron chi connectivity index (χ4n) is 3.17. The van der Waals surface area contributed by atoms with Gasteiger partial charge >= 0.3 is 5.97 Å². The third-order valence-electron chi connectivity index (χ3n) is 4.59. The molecule has 0 saturated carbocycles. The molecule has 2 aromatic rings. The Labute approximate surface area is 180 Å². The van der Waals surface area contributed by atoms with Gasteiger partial charge in [0.25, 0.3) is 0 Å². The molecule has 0 spiro atoms. The van der Waals surface area contributed by atoms with E-state index in [1.165, 1.54) is 6.92 Å². The zero-order valence-corrected chi connectivity index (χ0v) is 17.9. The molecule has 0 saturated heterocycles. The highest BCUT2D eigenvalue weighted by Gasteiger charge is 2.28. The summed E-state index contributed by atoms with van der Waals surface area (Å²) in [5, 5.41) is 13.2. The number of carbonyl (C=O) groups excluding carboxylic acids is 4. The first-order valence-electron chi connectivity index (χ1n) is 10.1. The quantitative estimate of drug-likeness (QED) is 0.318. The van der Waals surface area contributed by atoms with Crippen LogP contribution < -0.4 is 10.6 Å². The molecule has 1 aromatic heterocycles. The maximum atomic E-state index is 13.0. The molecule has 9 heteroatoms. The van der Waals surface area contributed by atoms with Gasteiger partial charge in [-0.15, -0.1) is 0 Å². The van der Waals surface area contributed by atoms with Crippen LogP contribution in [0.4, 0.5) is 0 Å². The molecule has 166 valence electrons. The van der Waals surface area contributed by atoms with Gasteiger partial charge in [-0.3, -0.25) is 14.4 Å². The van der Waals surface area contributed by atoms with Crippen LogP contribution in [0.2, 0.25) is 0 Å². The Hall–Kier alpha value is -3.49. The highest BCUT2D eigenvalue weighted by molar-refractivity contribution is 6.26. The number of ketones is 1. The molecule has 4 N–H and O–H groups in total. The van der Waals surface area contributed by atoms with Gasteiger partial charge in [0.05, 0.1) is 12.3 Å². The number of aromatic amines is 1. The fourth-order valence-corrected chi connectivity index (χ4v) is 3.17. The topological polar surface area (TPSA) is 141 Å². The first-order chi connectivity index (χ1) is 14.7. The average molecular weight is 428 g/mol. The number of Topliss-reactive ketones (excluding diaryl/α,β-unsaturated/α-hetero) is 1. The van der Waals surface area contributed by atoms with E-state index < -0.39 is 35.8 Å². The summed E-state index contributed by atoms with van der Waals surface area (Å²) < 4.78 is 5.19. The van der Waals surface area contributed by atoms with Crippen molar-refractivity contribution in [1.29, 1.82) is 5.41 Å². The van der Waals surface area contributed by atoms with Crippen molar-refractivity contribution in [2.75, 3.05) is 0 Å². The lowest BCUT2D eigenvalue weighted by Gasteiger charge is -2.23. The van der Waals surface area contributed by atoms with Crippen molar-refractivity contribution >= 4 is 40.7 Å². The second-order valence-corrected chi connectivity index (χ2v) is 7.51. The van der Waals surface area contributed by atoms with E-state index in [1.807, 2.05) is 24.3 Å². The Kier molecular flexibility index (Phi) is 8.48. The molecule has 0 aliphatic heterocycles. The Balaban J connectivity index is 2.19. The van der Waals surface area contributed by atoms with Crippen molar-refractivity contribution in [3.8, 4) is 0 Å². The van der Waals surface area contributed by atoms with E-state index in [4.69, 9.17) is 10.1 Å². The summed E-state index contributed by atoms with van der Waals surface area (Å²) in [7, 11) is 0. The summed E-state index contributed by atoms with van der Waals surface area (Å²) in [6, 6.07) is 5.59. The van der Waals surface area contributed by atoms with Gasteiger partial charge in [-0.25, -0.2) is 4.79 Å². The summed E-state index contributed by atoms with van der Waals surface area (Å²) in [4.78, 5) is 51.7. The van der Waals surface area contributed by atoms with Crippen molar-refractivity contribution in [2.24, 2.45) is 0 Å². The summed E-state index contributed by atoms with van der Waals surface area (Å²) in [5.74, 6) is -2.09. The largest absolute Gasteiger partial charge is 0.461 e. The molecule has 2 amide bonds.